The molecule has 5 nitrogen and oxygen atoms in total. The molecular weight excluding hydrogens is 306 g/mol. The predicted molar refractivity (Wildman–Crippen MR) is 92.1 cm³/mol. The standard InChI is InChI=1S/C19H27NO4/c1-19(2,3)24-18(23)20(16-7-5-4-6-8-16)13-14-9-11-15(12-10-14)17(21)22/h9-12,16H,4-8,13H2,1-3H3,(H,21,22). The van der Waals surface area contributed by atoms with Gasteiger partial charge in [-0.1, -0.05) is 31.4 Å². The van der Waals surface area contributed by atoms with E-state index in [9.17, 15) is 9.59 Å². The minimum atomic E-state index is -0.946. The van der Waals surface area contributed by atoms with E-state index in [4.69, 9.17) is 9.84 Å². The van der Waals surface area contributed by atoms with Crippen LogP contribution in [0.4, 0.5) is 4.79 Å². The number of rotatable bonds is 4. The number of hydrogen-bond donors (Lipinski definition) is 1. The van der Waals surface area contributed by atoms with Gasteiger partial charge in [-0.3, -0.25) is 0 Å². The first-order valence-electron chi connectivity index (χ1n) is 8.58. The third kappa shape index (κ3) is 5.25. The fourth-order valence-corrected chi connectivity index (χ4v) is 3.01. The molecule has 1 fully saturated rings. The smallest absolute Gasteiger partial charge is 0.410 e. The summed E-state index contributed by atoms with van der Waals surface area (Å²) in [5.74, 6) is -0.946. The first-order valence-corrected chi connectivity index (χ1v) is 8.58. The SMILES string of the molecule is CC(C)(C)OC(=O)N(Cc1ccc(C(=O)O)cc1)C1CCCCC1. The van der Waals surface area contributed by atoms with Crippen LogP contribution >= 0.6 is 0 Å². The Kier molecular flexibility index (Phi) is 5.86. The van der Waals surface area contributed by atoms with E-state index >= 15 is 0 Å². The maximum atomic E-state index is 12.6. The lowest BCUT2D eigenvalue weighted by atomic mass is 9.94. The van der Waals surface area contributed by atoms with Gasteiger partial charge in [-0.2, -0.15) is 0 Å². The molecule has 0 heterocycles. The van der Waals surface area contributed by atoms with Crippen LogP contribution in [0, 0.1) is 0 Å². The van der Waals surface area contributed by atoms with Crippen LogP contribution in [0.5, 0.6) is 0 Å². The summed E-state index contributed by atoms with van der Waals surface area (Å²) in [6.07, 6.45) is 5.16. The molecule has 132 valence electrons. The number of ether oxygens (including phenoxy) is 1. The molecule has 2 rings (SSSR count). The van der Waals surface area contributed by atoms with E-state index in [1.807, 2.05) is 20.8 Å². The molecule has 1 aromatic rings. The first kappa shape index (κ1) is 18.3. The normalized spacial score (nSPS) is 15.8. The van der Waals surface area contributed by atoms with Gasteiger partial charge in [-0.05, 0) is 51.3 Å². The van der Waals surface area contributed by atoms with Crippen LogP contribution in [0.15, 0.2) is 24.3 Å². The zero-order valence-electron chi connectivity index (χ0n) is 14.7. The highest BCUT2D eigenvalue weighted by atomic mass is 16.6. The lowest BCUT2D eigenvalue weighted by molar-refractivity contribution is 0.00985. The molecule has 1 amide bonds. The van der Waals surface area contributed by atoms with Gasteiger partial charge in [0.1, 0.15) is 5.60 Å². The molecule has 0 radical (unpaired) electrons. The summed E-state index contributed by atoms with van der Waals surface area (Å²) in [6.45, 7) is 6.04. The highest BCUT2D eigenvalue weighted by Crippen LogP contribution is 2.26. The average Bonchev–Trinajstić information content (AvgIpc) is 2.52. The number of hydrogen-bond acceptors (Lipinski definition) is 3. The van der Waals surface area contributed by atoms with Crippen molar-refractivity contribution in [1.82, 2.24) is 4.90 Å². The molecule has 5 heteroatoms. The summed E-state index contributed by atoms with van der Waals surface area (Å²) in [5, 5.41) is 8.99. The minimum Gasteiger partial charge on any atom is -0.478 e. The van der Waals surface area contributed by atoms with Gasteiger partial charge in [-0.25, -0.2) is 9.59 Å². The number of nitrogens with zero attached hydrogens (tertiary/aromatic N) is 1. The second-order valence-electron chi connectivity index (χ2n) is 7.40. The molecule has 1 saturated carbocycles. The van der Waals surface area contributed by atoms with Crippen LogP contribution in [0.3, 0.4) is 0 Å². The van der Waals surface area contributed by atoms with E-state index < -0.39 is 11.6 Å². The topological polar surface area (TPSA) is 66.8 Å². The van der Waals surface area contributed by atoms with Crippen molar-refractivity contribution in [3.63, 3.8) is 0 Å². The van der Waals surface area contributed by atoms with Gasteiger partial charge in [0.2, 0.25) is 0 Å². The summed E-state index contributed by atoms with van der Waals surface area (Å²) in [7, 11) is 0. The third-order valence-corrected chi connectivity index (χ3v) is 4.20. The molecule has 0 saturated heterocycles. The molecule has 0 unspecified atom stereocenters. The fraction of sp³-hybridized carbons (Fsp3) is 0.579. The average molecular weight is 333 g/mol. The Morgan fingerprint density at radius 3 is 2.21 bits per heavy atom. The Morgan fingerprint density at radius 2 is 1.71 bits per heavy atom. The Balaban J connectivity index is 2.15. The van der Waals surface area contributed by atoms with Gasteiger partial charge in [-0.15, -0.1) is 0 Å². The monoisotopic (exact) mass is 333 g/mol. The first-order chi connectivity index (χ1) is 11.3. The van der Waals surface area contributed by atoms with Crippen LogP contribution in [-0.2, 0) is 11.3 Å². The molecule has 0 spiro atoms. The Labute approximate surface area is 143 Å². The minimum absolute atomic E-state index is 0.188. The van der Waals surface area contributed by atoms with Gasteiger partial charge >= 0.3 is 12.1 Å². The molecule has 1 aliphatic carbocycles. The van der Waals surface area contributed by atoms with Crippen molar-refractivity contribution in [2.75, 3.05) is 0 Å². The maximum absolute atomic E-state index is 12.6. The Morgan fingerprint density at radius 1 is 1.12 bits per heavy atom. The van der Waals surface area contributed by atoms with Crippen LogP contribution in [0.2, 0.25) is 0 Å². The second kappa shape index (κ2) is 7.69. The van der Waals surface area contributed by atoms with Gasteiger partial charge in [0.15, 0.2) is 0 Å². The van der Waals surface area contributed by atoms with Gasteiger partial charge in [0, 0.05) is 12.6 Å². The van der Waals surface area contributed by atoms with Crippen molar-refractivity contribution in [3.8, 4) is 0 Å². The van der Waals surface area contributed by atoms with Crippen molar-refractivity contribution < 1.29 is 19.4 Å². The van der Waals surface area contributed by atoms with E-state index in [1.165, 1.54) is 6.42 Å². The summed E-state index contributed by atoms with van der Waals surface area (Å²) >= 11 is 0. The summed E-state index contributed by atoms with van der Waals surface area (Å²) in [5.41, 5.74) is 0.633. The van der Waals surface area contributed by atoms with Crippen molar-refractivity contribution in [2.45, 2.75) is 71.1 Å². The molecule has 0 aliphatic heterocycles. The summed E-state index contributed by atoms with van der Waals surface area (Å²) in [4.78, 5) is 25.4. The zero-order valence-corrected chi connectivity index (χ0v) is 14.7. The maximum Gasteiger partial charge on any atom is 0.410 e. The number of carboxylic acids is 1. The molecule has 1 aromatic carbocycles. The van der Waals surface area contributed by atoms with E-state index in [2.05, 4.69) is 0 Å². The van der Waals surface area contributed by atoms with Crippen molar-refractivity contribution in [3.05, 3.63) is 35.4 Å². The number of carbonyl (C=O) groups is 2. The Bertz CT molecular complexity index is 568. The van der Waals surface area contributed by atoms with E-state index in [-0.39, 0.29) is 17.7 Å². The van der Waals surface area contributed by atoms with Crippen molar-refractivity contribution in [2.24, 2.45) is 0 Å². The van der Waals surface area contributed by atoms with Gasteiger partial charge in [0.05, 0.1) is 5.56 Å². The van der Waals surface area contributed by atoms with E-state index in [0.29, 0.717) is 6.54 Å². The quantitative estimate of drug-likeness (QED) is 0.883. The number of carbonyl (C=O) groups excluding carboxylic acids is 1. The Hall–Kier alpha value is -2.04. The van der Waals surface area contributed by atoms with E-state index in [0.717, 1.165) is 31.2 Å². The lowest BCUT2D eigenvalue weighted by Gasteiger charge is -2.35. The molecule has 1 N–H and O–H groups in total. The van der Waals surface area contributed by atoms with Crippen molar-refractivity contribution >= 4 is 12.1 Å². The van der Waals surface area contributed by atoms with E-state index in [1.54, 1.807) is 29.2 Å². The summed E-state index contributed by atoms with van der Waals surface area (Å²) in [6, 6.07) is 6.87. The summed E-state index contributed by atoms with van der Waals surface area (Å²) < 4.78 is 5.58. The number of benzene rings is 1. The molecule has 0 bridgehead atoms. The highest BCUT2D eigenvalue weighted by Gasteiger charge is 2.29. The molecule has 1 aliphatic rings. The molecule has 0 aromatic heterocycles. The van der Waals surface area contributed by atoms with Crippen molar-refractivity contribution in [1.29, 1.82) is 0 Å². The van der Waals surface area contributed by atoms with Crippen LogP contribution in [0.1, 0.15) is 68.8 Å². The predicted octanol–water partition coefficient (Wildman–Crippen LogP) is 4.45. The zero-order chi connectivity index (χ0) is 17.7. The van der Waals surface area contributed by atoms with Crippen LogP contribution < -0.4 is 0 Å². The van der Waals surface area contributed by atoms with Gasteiger partial charge in [0.25, 0.3) is 0 Å². The third-order valence-electron chi connectivity index (χ3n) is 4.20. The number of carboxylic acid groups (broad SMARTS) is 1. The molecular formula is C19H27NO4. The molecule has 0 atom stereocenters. The van der Waals surface area contributed by atoms with Crippen LogP contribution in [0.25, 0.3) is 0 Å². The highest BCUT2D eigenvalue weighted by molar-refractivity contribution is 5.87. The largest absolute Gasteiger partial charge is 0.478 e. The number of amides is 1. The lowest BCUT2D eigenvalue weighted by Crippen LogP contribution is -2.43. The molecule has 24 heavy (non-hydrogen) atoms. The fourth-order valence-electron chi connectivity index (χ4n) is 3.01. The number of aromatic carboxylic acids is 1. The van der Waals surface area contributed by atoms with Crippen LogP contribution in [-0.4, -0.2) is 33.7 Å². The van der Waals surface area contributed by atoms with Gasteiger partial charge < -0.3 is 14.7 Å². The second-order valence-corrected chi connectivity index (χ2v) is 7.40.